The van der Waals surface area contributed by atoms with Gasteiger partial charge in [-0.3, -0.25) is 0 Å². The number of ether oxygens (including phenoxy) is 1. The summed E-state index contributed by atoms with van der Waals surface area (Å²) in [6, 6.07) is 2.78. The highest BCUT2D eigenvalue weighted by Crippen LogP contribution is 2.21. The number of halogens is 1. The highest BCUT2D eigenvalue weighted by molar-refractivity contribution is 9.10. The second-order valence-electron chi connectivity index (χ2n) is 4.35. The number of hydrogen-bond donors (Lipinski definition) is 1. The molecule has 2 rings (SSSR count). The van der Waals surface area contributed by atoms with E-state index in [-0.39, 0.29) is 0 Å². The van der Waals surface area contributed by atoms with Gasteiger partial charge in [-0.1, -0.05) is 0 Å². The summed E-state index contributed by atoms with van der Waals surface area (Å²) in [6.07, 6.45) is 2.39. The molecule has 16 heavy (non-hydrogen) atoms. The fourth-order valence-electron chi connectivity index (χ4n) is 2.09. The zero-order chi connectivity index (χ0) is 11.4. The van der Waals surface area contributed by atoms with Gasteiger partial charge < -0.3 is 10.1 Å². The minimum Gasteiger partial charge on any atom is -0.381 e. The molecule has 0 saturated carbocycles. The molecule has 1 aliphatic heterocycles. The maximum Gasteiger partial charge on any atom is 0.0469 e. The van der Waals surface area contributed by atoms with Gasteiger partial charge in [0.15, 0.2) is 0 Å². The van der Waals surface area contributed by atoms with Crippen LogP contribution in [-0.2, 0) is 11.3 Å². The lowest BCUT2D eigenvalue weighted by molar-refractivity contribution is 0.0558. The summed E-state index contributed by atoms with van der Waals surface area (Å²) in [5, 5.41) is 5.75. The van der Waals surface area contributed by atoms with Crippen LogP contribution < -0.4 is 5.32 Å². The van der Waals surface area contributed by atoms with Gasteiger partial charge in [0.1, 0.15) is 0 Å². The van der Waals surface area contributed by atoms with Crippen LogP contribution in [0, 0.1) is 5.92 Å². The predicted molar refractivity (Wildman–Crippen MR) is 71.9 cm³/mol. The van der Waals surface area contributed by atoms with E-state index in [9.17, 15) is 0 Å². The van der Waals surface area contributed by atoms with E-state index in [1.807, 2.05) is 0 Å². The molecule has 4 heteroatoms. The molecule has 1 aromatic rings. The van der Waals surface area contributed by atoms with Crippen LogP contribution in [0.15, 0.2) is 15.9 Å². The van der Waals surface area contributed by atoms with Crippen molar-refractivity contribution in [2.24, 2.45) is 5.92 Å². The van der Waals surface area contributed by atoms with E-state index in [4.69, 9.17) is 4.74 Å². The Morgan fingerprint density at radius 2 is 2.31 bits per heavy atom. The molecule has 1 aliphatic rings. The number of nitrogens with one attached hydrogen (secondary N) is 1. The molecule has 0 amide bonds. The average molecular weight is 304 g/mol. The molecule has 1 aromatic heterocycles. The average Bonchev–Trinajstić information content (AvgIpc) is 2.73. The van der Waals surface area contributed by atoms with Gasteiger partial charge in [-0.15, -0.1) is 11.3 Å². The van der Waals surface area contributed by atoms with Gasteiger partial charge in [0.05, 0.1) is 0 Å². The van der Waals surface area contributed by atoms with Gasteiger partial charge in [-0.25, -0.2) is 0 Å². The standard InChI is InChI=1S/C12H18BrNOS/c1-9(10-2-4-15-5-3-10)14-7-12-6-11(13)8-16-12/h6,8-10,14H,2-5,7H2,1H3. The molecular formula is C12H18BrNOS. The fraction of sp³-hybridized carbons (Fsp3) is 0.667. The third kappa shape index (κ3) is 3.55. The van der Waals surface area contributed by atoms with Crippen molar-refractivity contribution in [2.45, 2.75) is 32.4 Å². The van der Waals surface area contributed by atoms with E-state index >= 15 is 0 Å². The van der Waals surface area contributed by atoms with E-state index < -0.39 is 0 Å². The van der Waals surface area contributed by atoms with Crippen molar-refractivity contribution < 1.29 is 4.74 Å². The maximum atomic E-state index is 5.38. The van der Waals surface area contributed by atoms with Crippen LogP contribution >= 0.6 is 27.3 Å². The minimum atomic E-state index is 0.588. The summed E-state index contributed by atoms with van der Waals surface area (Å²) in [6.45, 7) is 5.13. The van der Waals surface area contributed by atoms with Crippen molar-refractivity contribution in [3.63, 3.8) is 0 Å². The number of thiophene rings is 1. The van der Waals surface area contributed by atoms with Crippen LogP contribution in [0.3, 0.4) is 0 Å². The smallest absolute Gasteiger partial charge is 0.0469 e. The monoisotopic (exact) mass is 303 g/mol. The molecule has 1 N–H and O–H groups in total. The first-order chi connectivity index (χ1) is 7.75. The SMILES string of the molecule is CC(NCc1cc(Br)cs1)C1CCOCC1. The largest absolute Gasteiger partial charge is 0.381 e. The van der Waals surface area contributed by atoms with Gasteiger partial charge in [0, 0.05) is 40.5 Å². The van der Waals surface area contributed by atoms with Gasteiger partial charge in [-0.05, 0) is 47.7 Å². The molecule has 0 aliphatic carbocycles. The Morgan fingerprint density at radius 1 is 1.56 bits per heavy atom. The molecule has 0 radical (unpaired) electrons. The Hall–Kier alpha value is 0.1000. The van der Waals surface area contributed by atoms with Crippen molar-refractivity contribution in [1.82, 2.24) is 5.32 Å². The Balaban J connectivity index is 1.76. The van der Waals surface area contributed by atoms with E-state index in [0.717, 1.165) is 25.7 Å². The quantitative estimate of drug-likeness (QED) is 0.920. The number of hydrogen-bond acceptors (Lipinski definition) is 3. The van der Waals surface area contributed by atoms with Crippen molar-refractivity contribution >= 4 is 27.3 Å². The molecular weight excluding hydrogens is 286 g/mol. The normalized spacial score (nSPS) is 19.9. The molecule has 1 unspecified atom stereocenters. The Labute approximate surface area is 110 Å². The van der Waals surface area contributed by atoms with Gasteiger partial charge >= 0.3 is 0 Å². The van der Waals surface area contributed by atoms with Gasteiger partial charge in [-0.2, -0.15) is 0 Å². The van der Waals surface area contributed by atoms with Crippen molar-refractivity contribution in [3.8, 4) is 0 Å². The van der Waals surface area contributed by atoms with Gasteiger partial charge in [0.25, 0.3) is 0 Å². The topological polar surface area (TPSA) is 21.3 Å². The van der Waals surface area contributed by atoms with Gasteiger partial charge in [0.2, 0.25) is 0 Å². The lowest BCUT2D eigenvalue weighted by Crippen LogP contribution is -2.36. The van der Waals surface area contributed by atoms with Crippen LogP contribution in [-0.4, -0.2) is 19.3 Å². The van der Waals surface area contributed by atoms with Crippen LogP contribution in [0.4, 0.5) is 0 Å². The molecule has 0 bridgehead atoms. The first kappa shape index (κ1) is 12.6. The third-order valence-corrected chi connectivity index (χ3v) is 4.89. The van der Waals surface area contributed by atoms with Crippen LogP contribution in [0.5, 0.6) is 0 Å². The first-order valence-corrected chi connectivity index (χ1v) is 7.47. The Bertz CT molecular complexity index is 323. The highest BCUT2D eigenvalue weighted by atomic mass is 79.9. The second kappa shape index (κ2) is 6.15. The van der Waals surface area contributed by atoms with Crippen molar-refractivity contribution in [3.05, 3.63) is 20.8 Å². The summed E-state index contributed by atoms with van der Waals surface area (Å²) >= 11 is 5.29. The molecule has 2 nitrogen and oxygen atoms in total. The second-order valence-corrected chi connectivity index (χ2v) is 6.26. The van der Waals surface area contributed by atoms with E-state index in [2.05, 4.69) is 39.6 Å². The van der Waals surface area contributed by atoms with E-state index in [0.29, 0.717) is 6.04 Å². The van der Waals surface area contributed by atoms with Crippen molar-refractivity contribution in [2.75, 3.05) is 13.2 Å². The summed E-state index contributed by atoms with van der Waals surface area (Å²) in [5.74, 6) is 0.775. The maximum absolute atomic E-state index is 5.38. The molecule has 2 heterocycles. The summed E-state index contributed by atoms with van der Waals surface area (Å²) in [7, 11) is 0. The molecule has 1 atom stereocenters. The first-order valence-electron chi connectivity index (χ1n) is 5.80. The van der Waals surface area contributed by atoms with Crippen molar-refractivity contribution in [1.29, 1.82) is 0 Å². The van der Waals surface area contributed by atoms with E-state index in [1.54, 1.807) is 11.3 Å². The summed E-state index contributed by atoms with van der Waals surface area (Å²) in [5.41, 5.74) is 0. The van der Waals surface area contributed by atoms with E-state index in [1.165, 1.54) is 22.2 Å². The zero-order valence-electron chi connectivity index (χ0n) is 9.54. The van der Waals surface area contributed by atoms with Crippen LogP contribution in [0.25, 0.3) is 0 Å². The molecule has 0 aromatic carbocycles. The third-order valence-electron chi connectivity index (χ3n) is 3.19. The minimum absolute atomic E-state index is 0.588. The molecule has 0 spiro atoms. The Morgan fingerprint density at radius 3 is 2.94 bits per heavy atom. The van der Waals surface area contributed by atoms with Crippen LogP contribution in [0.2, 0.25) is 0 Å². The zero-order valence-corrected chi connectivity index (χ0v) is 11.9. The van der Waals surface area contributed by atoms with Crippen LogP contribution in [0.1, 0.15) is 24.6 Å². The fourth-order valence-corrected chi connectivity index (χ4v) is 3.49. The Kier molecular flexibility index (Phi) is 4.82. The predicted octanol–water partition coefficient (Wildman–Crippen LogP) is 3.42. The number of rotatable bonds is 4. The molecule has 90 valence electrons. The lowest BCUT2D eigenvalue weighted by atomic mass is 9.93. The lowest BCUT2D eigenvalue weighted by Gasteiger charge is -2.28. The molecule has 1 saturated heterocycles. The highest BCUT2D eigenvalue weighted by Gasteiger charge is 2.19. The summed E-state index contributed by atoms with van der Waals surface area (Å²) in [4.78, 5) is 1.39. The molecule has 1 fully saturated rings. The summed E-state index contributed by atoms with van der Waals surface area (Å²) < 4.78 is 6.57.